The number of piperazine rings is 1. The zero-order valence-electron chi connectivity index (χ0n) is 17.8. The first-order valence-corrected chi connectivity index (χ1v) is 11.4. The van der Waals surface area contributed by atoms with Gasteiger partial charge in [-0.25, -0.2) is 13.4 Å². The number of halogens is 3. The number of hydrogen-bond donors (Lipinski definition) is 1. The molecule has 2 unspecified atom stereocenters. The number of aryl methyl sites for hydroxylation is 1. The van der Waals surface area contributed by atoms with E-state index in [0.29, 0.717) is 16.9 Å². The first kappa shape index (κ1) is 24.0. The molecular weight excluding hydrogens is 447 g/mol. The van der Waals surface area contributed by atoms with E-state index < -0.39 is 33.8 Å². The van der Waals surface area contributed by atoms with E-state index >= 15 is 0 Å². The smallest absolute Gasteiger partial charge is 0.417 e. The summed E-state index contributed by atoms with van der Waals surface area (Å²) in [5.41, 5.74) is 0.180. The fourth-order valence-corrected chi connectivity index (χ4v) is 5.73. The van der Waals surface area contributed by atoms with Crippen molar-refractivity contribution in [3.05, 3.63) is 53.2 Å². The molecule has 0 bridgehead atoms. The number of hydrogen-bond acceptors (Lipinski definition) is 5. The van der Waals surface area contributed by atoms with Gasteiger partial charge in [-0.15, -0.1) is 0 Å². The number of carboxylic acids is 1. The molecule has 0 saturated carbocycles. The molecule has 1 aromatic carbocycles. The monoisotopic (exact) mass is 471 g/mol. The van der Waals surface area contributed by atoms with E-state index in [-0.39, 0.29) is 30.4 Å². The summed E-state index contributed by atoms with van der Waals surface area (Å²) in [6.45, 7) is 5.57. The van der Waals surface area contributed by atoms with Crippen molar-refractivity contribution >= 4 is 21.8 Å². The van der Waals surface area contributed by atoms with Crippen LogP contribution in [0.2, 0.25) is 0 Å². The van der Waals surface area contributed by atoms with E-state index in [1.807, 2.05) is 0 Å². The van der Waals surface area contributed by atoms with Crippen LogP contribution in [0.15, 0.2) is 41.4 Å². The van der Waals surface area contributed by atoms with Gasteiger partial charge in [-0.05, 0) is 56.2 Å². The Morgan fingerprint density at radius 2 is 1.84 bits per heavy atom. The van der Waals surface area contributed by atoms with Crippen molar-refractivity contribution in [2.45, 2.75) is 50.3 Å². The zero-order valence-corrected chi connectivity index (χ0v) is 18.6. The summed E-state index contributed by atoms with van der Waals surface area (Å²) in [6, 6.07) is 5.90. The quantitative estimate of drug-likeness (QED) is 0.720. The van der Waals surface area contributed by atoms with Crippen LogP contribution in [-0.4, -0.2) is 54.0 Å². The molecule has 1 aliphatic heterocycles. The van der Waals surface area contributed by atoms with Crippen molar-refractivity contribution in [1.82, 2.24) is 9.29 Å². The lowest BCUT2D eigenvalue weighted by Gasteiger charge is -2.44. The van der Waals surface area contributed by atoms with Crippen LogP contribution in [0.25, 0.3) is 0 Å². The van der Waals surface area contributed by atoms with Crippen LogP contribution in [0.4, 0.5) is 19.0 Å². The second kappa shape index (κ2) is 8.70. The van der Waals surface area contributed by atoms with E-state index in [2.05, 4.69) is 4.98 Å². The summed E-state index contributed by atoms with van der Waals surface area (Å²) >= 11 is 0. The van der Waals surface area contributed by atoms with E-state index in [1.165, 1.54) is 22.5 Å². The lowest BCUT2D eigenvalue weighted by molar-refractivity contribution is -0.138. The number of aromatic nitrogens is 1. The summed E-state index contributed by atoms with van der Waals surface area (Å²) in [4.78, 5) is 16.8. The Morgan fingerprint density at radius 1 is 1.16 bits per heavy atom. The number of carbonyl (C=O) groups is 1. The second-order valence-corrected chi connectivity index (χ2v) is 9.81. The largest absolute Gasteiger partial charge is 0.481 e. The van der Waals surface area contributed by atoms with Crippen LogP contribution < -0.4 is 4.90 Å². The van der Waals surface area contributed by atoms with Crippen molar-refractivity contribution in [3.63, 3.8) is 0 Å². The first-order chi connectivity index (χ1) is 14.8. The van der Waals surface area contributed by atoms with E-state index in [0.717, 1.165) is 12.3 Å². The Bertz CT molecular complexity index is 1100. The van der Waals surface area contributed by atoms with Crippen molar-refractivity contribution < 1.29 is 31.5 Å². The molecule has 32 heavy (non-hydrogen) atoms. The fourth-order valence-electron chi connectivity index (χ4n) is 3.89. The second-order valence-electron chi connectivity index (χ2n) is 7.92. The molecule has 2 aromatic rings. The third-order valence-electron chi connectivity index (χ3n) is 5.65. The molecule has 1 aromatic heterocycles. The van der Waals surface area contributed by atoms with Gasteiger partial charge in [0, 0.05) is 31.4 Å². The minimum atomic E-state index is -4.48. The molecular formula is C21H24F3N3O4S. The molecule has 2 atom stereocenters. The lowest BCUT2D eigenvalue weighted by Crippen LogP contribution is -2.59. The van der Waals surface area contributed by atoms with Gasteiger partial charge < -0.3 is 10.0 Å². The Morgan fingerprint density at radius 3 is 2.41 bits per heavy atom. The Hall–Kier alpha value is -2.66. The molecule has 11 heteroatoms. The predicted molar refractivity (Wildman–Crippen MR) is 112 cm³/mol. The van der Waals surface area contributed by atoms with Crippen LogP contribution in [0.5, 0.6) is 0 Å². The molecule has 0 radical (unpaired) electrons. The Kier molecular flexibility index (Phi) is 6.52. The molecule has 1 aliphatic rings. The molecule has 0 amide bonds. The van der Waals surface area contributed by atoms with Gasteiger partial charge in [0.1, 0.15) is 5.82 Å². The normalized spacial score (nSPS) is 20.4. The minimum absolute atomic E-state index is 0.0221. The number of pyridine rings is 1. The van der Waals surface area contributed by atoms with Gasteiger partial charge in [-0.3, -0.25) is 4.79 Å². The van der Waals surface area contributed by atoms with Gasteiger partial charge in [0.2, 0.25) is 10.0 Å². The van der Waals surface area contributed by atoms with Crippen molar-refractivity contribution in [3.8, 4) is 0 Å². The summed E-state index contributed by atoms with van der Waals surface area (Å²) < 4.78 is 66.5. The standard InChI is InChI=1S/C21H24F3N3O4S/c1-13-8-16(11-20(28)29)10-18(9-13)32(30,31)27-7-6-26(14(2)15(27)3)19-5-4-17(12-25-19)21(22,23)24/h4-5,8-10,12,14-15H,6-7,11H2,1-3H3,(H,28,29). The highest BCUT2D eigenvalue weighted by Crippen LogP contribution is 2.32. The number of rotatable bonds is 5. The van der Waals surface area contributed by atoms with Gasteiger partial charge in [0.15, 0.2) is 0 Å². The number of carboxylic acid groups (broad SMARTS) is 1. The van der Waals surface area contributed by atoms with E-state index in [1.54, 1.807) is 31.7 Å². The SMILES string of the molecule is Cc1cc(CC(=O)O)cc(S(=O)(=O)N2CCN(c3ccc(C(F)(F)F)cn3)C(C)C2C)c1. The van der Waals surface area contributed by atoms with E-state index in [9.17, 15) is 26.4 Å². The average molecular weight is 472 g/mol. The molecule has 0 aliphatic carbocycles. The van der Waals surface area contributed by atoms with Crippen molar-refractivity contribution in [2.24, 2.45) is 0 Å². The summed E-state index contributed by atoms with van der Waals surface area (Å²) in [6.07, 6.45) is -4.00. The molecule has 2 heterocycles. The molecule has 7 nitrogen and oxygen atoms in total. The van der Waals surface area contributed by atoms with Crippen LogP contribution in [0, 0.1) is 6.92 Å². The molecule has 0 spiro atoms. The number of aliphatic carboxylic acids is 1. The van der Waals surface area contributed by atoms with Gasteiger partial charge >= 0.3 is 12.1 Å². The minimum Gasteiger partial charge on any atom is -0.481 e. The molecule has 1 N–H and O–H groups in total. The summed E-state index contributed by atoms with van der Waals surface area (Å²) in [7, 11) is -3.91. The number of sulfonamides is 1. The van der Waals surface area contributed by atoms with Crippen LogP contribution in [-0.2, 0) is 27.4 Å². The van der Waals surface area contributed by atoms with Crippen molar-refractivity contribution in [2.75, 3.05) is 18.0 Å². The zero-order chi connectivity index (χ0) is 23.8. The topological polar surface area (TPSA) is 90.8 Å². The van der Waals surface area contributed by atoms with Crippen molar-refractivity contribution in [1.29, 1.82) is 0 Å². The fraction of sp³-hybridized carbons (Fsp3) is 0.429. The third kappa shape index (κ3) is 4.88. The molecule has 174 valence electrons. The summed E-state index contributed by atoms with van der Waals surface area (Å²) in [5, 5.41) is 9.04. The maximum Gasteiger partial charge on any atom is 0.417 e. The number of nitrogens with zero attached hydrogens (tertiary/aromatic N) is 3. The Balaban J connectivity index is 1.85. The number of benzene rings is 1. The highest BCUT2D eigenvalue weighted by Gasteiger charge is 2.39. The Labute approximate surface area is 184 Å². The van der Waals surface area contributed by atoms with E-state index in [4.69, 9.17) is 5.11 Å². The van der Waals surface area contributed by atoms with Gasteiger partial charge in [0.05, 0.1) is 16.9 Å². The maximum absolute atomic E-state index is 13.4. The average Bonchev–Trinajstić information content (AvgIpc) is 2.68. The van der Waals surface area contributed by atoms with Gasteiger partial charge in [-0.1, -0.05) is 6.07 Å². The first-order valence-electron chi connectivity index (χ1n) is 9.95. The maximum atomic E-state index is 13.4. The van der Waals surface area contributed by atoms with Crippen LogP contribution in [0.1, 0.15) is 30.5 Å². The highest BCUT2D eigenvalue weighted by atomic mass is 32.2. The lowest BCUT2D eigenvalue weighted by atomic mass is 10.1. The molecule has 1 saturated heterocycles. The number of alkyl halides is 3. The summed E-state index contributed by atoms with van der Waals surface area (Å²) in [5.74, 6) is -0.715. The predicted octanol–water partition coefficient (Wildman–Crippen LogP) is 3.32. The van der Waals surface area contributed by atoms with Gasteiger partial charge in [-0.2, -0.15) is 17.5 Å². The number of anilines is 1. The van der Waals surface area contributed by atoms with Crippen LogP contribution >= 0.6 is 0 Å². The molecule has 1 fully saturated rings. The van der Waals surface area contributed by atoms with Crippen LogP contribution in [0.3, 0.4) is 0 Å². The molecule has 3 rings (SSSR count). The van der Waals surface area contributed by atoms with Gasteiger partial charge in [0.25, 0.3) is 0 Å². The highest BCUT2D eigenvalue weighted by molar-refractivity contribution is 7.89. The third-order valence-corrected chi connectivity index (χ3v) is 7.61.